The largest absolute Gasteiger partial charge is 0.481 e. The van der Waals surface area contributed by atoms with Gasteiger partial charge in [0.15, 0.2) is 0 Å². The summed E-state index contributed by atoms with van der Waals surface area (Å²) in [6, 6.07) is 0. The molecule has 0 atom stereocenters. The summed E-state index contributed by atoms with van der Waals surface area (Å²) in [4.78, 5) is 10.6. The number of rotatable bonds is 3. The highest BCUT2D eigenvalue weighted by Gasteiger charge is 2.60. The monoisotopic (exact) mass is 176 g/mol. The van der Waals surface area contributed by atoms with Crippen LogP contribution >= 0.6 is 0 Å². The Balaban J connectivity index is 2.68. The highest BCUT2D eigenvalue weighted by atomic mass is 19.3. The van der Waals surface area contributed by atoms with E-state index in [1.54, 1.807) is 0 Å². The van der Waals surface area contributed by atoms with Crippen molar-refractivity contribution in [3.8, 4) is 0 Å². The minimum atomic E-state index is -2.79. The van der Waals surface area contributed by atoms with Gasteiger partial charge in [0.2, 0.25) is 5.92 Å². The Morgan fingerprint density at radius 1 is 1.58 bits per heavy atom. The number of hydrogen-bond acceptors (Lipinski definition) is 1. The van der Waals surface area contributed by atoms with Crippen LogP contribution in [0.5, 0.6) is 0 Å². The minimum Gasteiger partial charge on any atom is -0.481 e. The number of halogens is 2. The maximum absolute atomic E-state index is 12.4. The van der Waals surface area contributed by atoms with Crippen LogP contribution in [0, 0.1) is 5.41 Å². The first-order valence-corrected chi connectivity index (χ1v) is 3.64. The Bertz CT molecular complexity index is 215. The second kappa shape index (κ2) is 2.54. The molecule has 1 aliphatic rings. The zero-order chi connectivity index (χ0) is 9.41. The summed E-state index contributed by atoms with van der Waals surface area (Å²) >= 11 is 0. The summed E-state index contributed by atoms with van der Waals surface area (Å²) in [7, 11) is 0. The average Bonchev–Trinajstić information content (AvgIpc) is 1.83. The Morgan fingerprint density at radius 3 is 2.33 bits per heavy atom. The lowest BCUT2D eigenvalue weighted by molar-refractivity contribution is -0.192. The van der Waals surface area contributed by atoms with Crippen LogP contribution in [-0.2, 0) is 4.79 Å². The lowest BCUT2D eigenvalue weighted by Crippen LogP contribution is -2.50. The fourth-order valence-electron chi connectivity index (χ4n) is 1.60. The van der Waals surface area contributed by atoms with E-state index in [0.717, 1.165) is 0 Å². The van der Waals surface area contributed by atoms with Gasteiger partial charge in [-0.25, -0.2) is 8.78 Å². The molecule has 0 saturated heterocycles. The number of aliphatic carboxylic acids is 1. The van der Waals surface area contributed by atoms with E-state index in [2.05, 4.69) is 6.58 Å². The molecule has 0 radical (unpaired) electrons. The molecular formula is C8H10F2O2. The van der Waals surface area contributed by atoms with Crippen LogP contribution in [0.2, 0.25) is 0 Å². The molecule has 0 unspecified atom stereocenters. The van der Waals surface area contributed by atoms with E-state index >= 15 is 0 Å². The molecule has 1 rings (SSSR count). The van der Waals surface area contributed by atoms with Crippen molar-refractivity contribution in [2.45, 2.75) is 25.2 Å². The molecule has 1 saturated carbocycles. The molecular weight excluding hydrogens is 166 g/mol. The highest BCUT2D eigenvalue weighted by Crippen LogP contribution is 2.54. The second-order valence-electron chi connectivity index (χ2n) is 3.29. The molecule has 68 valence electrons. The first-order chi connectivity index (χ1) is 5.42. The van der Waals surface area contributed by atoms with Crippen molar-refractivity contribution in [3.63, 3.8) is 0 Å². The summed E-state index contributed by atoms with van der Waals surface area (Å²) in [5.41, 5.74) is -1.24. The fraction of sp³-hybridized carbons (Fsp3) is 0.625. The van der Waals surface area contributed by atoms with Crippen LogP contribution in [0.25, 0.3) is 0 Å². The molecule has 0 heterocycles. The van der Waals surface area contributed by atoms with E-state index in [9.17, 15) is 13.6 Å². The average molecular weight is 176 g/mol. The van der Waals surface area contributed by atoms with Crippen molar-refractivity contribution in [2.24, 2.45) is 5.41 Å². The van der Waals surface area contributed by atoms with Gasteiger partial charge in [0.1, 0.15) is 0 Å². The Hall–Kier alpha value is -0.930. The Labute approximate surface area is 68.9 Å². The summed E-state index contributed by atoms with van der Waals surface area (Å²) in [6.07, 6.45) is 0.393. The molecule has 0 spiro atoms. The lowest BCUT2D eigenvalue weighted by Gasteiger charge is -2.43. The van der Waals surface area contributed by atoms with E-state index < -0.39 is 30.1 Å². The molecule has 12 heavy (non-hydrogen) atoms. The van der Waals surface area contributed by atoms with Gasteiger partial charge >= 0.3 is 5.97 Å². The maximum Gasteiger partial charge on any atom is 0.310 e. The van der Waals surface area contributed by atoms with Gasteiger partial charge in [0.05, 0.1) is 5.41 Å². The standard InChI is InChI=1S/C8H10F2O2/c1-2-3-7(6(11)12)4-8(9,10)5-7/h2H,1,3-5H2,(H,11,12). The first kappa shape index (κ1) is 9.16. The number of allylic oxidation sites excluding steroid dienone is 1. The molecule has 1 fully saturated rings. The summed E-state index contributed by atoms with van der Waals surface area (Å²) in [5.74, 6) is -3.94. The van der Waals surface area contributed by atoms with Crippen LogP contribution < -0.4 is 0 Å². The molecule has 0 aromatic heterocycles. The van der Waals surface area contributed by atoms with Crippen molar-refractivity contribution in [1.29, 1.82) is 0 Å². The summed E-state index contributed by atoms with van der Waals surface area (Å²) in [5, 5.41) is 8.67. The third kappa shape index (κ3) is 1.33. The van der Waals surface area contributed by atoms with Crippen LogP contribution in [-0.4, -0.2) is 17.0 Å². The third-order valence-electron chi connectivity index (χ3n) is 2.18. The number of carboxylic acids is 1. The van der Waals surface area contributed by atoms with E-state index in [-0.39, 0.29) is 6.42 Å². The van der Waals surface area contributed by atoms with Gasteiger partial charge in [-0.1, -0.05) is 6.08 Å². The smallest absolute Gasteiger partial charge is 0.310 e. The molecule has 1 aliphatic carbocycles. The summed E-state index contributed by atoms with van der Waals surface area (Å²) < 4.78 is 24.8. The van der Waals surface area contributed by atoms with E-state index in [0.29, 0.717) is 0 Å². The SMILES string of the molecule is C=CCC1(C(=O)O)CC(F)(F)C1. The zero-order valence-electron chi connectivity index (χ0n) is 6.52. The fourth-order valence-corrected chi connectivity index (χ4v) is 1.60. The second-order valence-corrected chi connectivity index (χ2v) is 3.29. The van der Waals surface area contributed by atoms with Gasteiger partial charge in [-0.2, -0.15) is 0 Å². The van der Waals surface area contributed by atoms with Crippen molar-refractivity contribution >= 4 is 5.97 Å². The van der Waals surface area contributed by atoms with Crippen molar-refractivity contribution < 1.29 is 18.7 Å². The van der Waals surface area contributed by atoms with E-state index in [1.165, 1.54) is 6.08 Å². The molecule has 0 aromatic carbocycles. The van der Waals surface area contributed by atoms with Crippen molar-refractivity contribution in [1.82, 2.24) is 0 Å². The molecule has 0 aliphatic heterocycles. The van der Waals surface area contributed by atoms with Gasteiger partial charge in [-0.05, 0) is 6.42 Å². The van der Waals surface area contributed by atoms with Crippen LogP contribution in [0.1, 0.15) is 19.3 Å². The summed E-state index contributed by atoms with van der Waals surface area (Å²) in [6.45, 7) is 3.35. The lowest BCUT2D eigenvalue weighted by atomic mass is 9.64. The van der Waals surface area contributed by atoms with Crippen LogP contribution in [0.15, 0.2) is 12.7 Å². The Morgan fingerprint density at radius 2 is 2.08 bits per heavy atom. The Kier molecular flexibility index (Phi) is 1.94. The predicted octanol–water partition coefficient (Wildman–Crippen LogP) is 2.06. The van der Waals surface area contributed by atoms with Crippen molar-refractivity contribution in [3.05, 3.63) is 12.7 Å². The number of hydrogen-bond donors (Lipinski definition) is 1. The highest BCUT2D eigenvalue weighted by molar-refractivity contribution is 5.76. The normalized spacial score (nSPS) is 24.2. The zero-order valence-corrected chi connectivity index (χ0v) is 6.52. The predicted molar refractivity (Wildman–Crippen MR) is 39.1 cm³/mol. The number of carboxylic acid groups (broad SMARTS) is 1. The molecule has 2 nitrogen and oxygen atoms in total. The number of carbonyl (C=O) groups is 1. The number of alkyl halides is 2. The van der Waals surface area contributed by atoms with Crippen LogP contribution in [0.4, 0.5) is 8.78 Å². The van der Waals surface area contributed by atoms with Crippen molar-refractivity contribution in [2.75, 3.05) is 0 Å². The molecule has 0 amide bonds. The van der Waals surface area contributed by atoms with Crippen LogP contribution in [0.3, 0.4) is 0 Å². The third-order valence-corrected chi connectivity index (χ3v) is 2.18. The maximum atomic E-state index is 12.4. The van der Waals surface area contributed by atoms with Gasteiger partial charge < -0.3 is 5.11 Å². The van der Waals surface area contributed by atoms with Gasteiger partial charge in [0, 0.05) is 12.8 Å². The van der Waals surface area contributed by atoms with E-state index in [1.807, 2.05) is 0 Å². The van der Waals surface area contributed by atoms with Gasteiger partial charge in [-0.15, -0.1) is 6.58 Å². The van der Waals surface area contributed by atoms with Gasteiger partial charge in [-0.3, -0.25) is 4.79 Å². The minimum absolute atomic E-state index is 0.123. The quantitative estimate of drug-likeness (QED) is 0.668. The first-order valence-electron chi connectivity index (χ1n) is 3.64. The molecule has 0 bridgehead atoms. The molecule has 0 aromatic rings. The molecule has 1 N–H and O–H groups in total. The van der Waals surface area contributed by atoms with E-state index in [4.69, 9.17) is 5.11 Å². The topological polar surface area (TPSA) is 37.3 Å². The molecule has 4 heteroatoms. The van der Waals surface area contributed by atoms with Gasteiger partial charge in [0.25, 0.3) is 0 Å².